The molecule has 1 amide bonds. The van der Waals surface area contributed by atoms with Crippen molar-refractivity contribution in [1.29, 1.82) is 0 Å². The maximum atomic E-state index is 12.6. The molecule has 32 heavy (non-hydrogen) atoms. The van der Waals surface area contributed by atoms with Crippen molar-refractivity contribution in [1.82, 2.24) is 9.62 Å². The monoisotopic (exact) mass is 479 g/mol. The maximum Gasteiger partial charge on any atom is 0.257 e. The van der Waals surface area contributed by atoms with Gasteiger partial charge in [0.25, 0.3) is 5.91 Å². The van der Waals surface area contributed by atoms with Gasteiger partial charge in [-0.25, -0.2) is 8.42 Å². The van der Waals surface area contributed by atoms with Gasteiger partial charge in [-0.3, -0.25) is 4.79 Å². The van der Waals surface area contributed by atoms with E-state index in [0.717, 1.165) is 5.69 Å². The number of nitrogens with zero attached hydrogens (tertiary/aromatic N) is 2. The number of carbonyl (C=O) groups excluding carboxylic acids is 1. The number of rotatable bonds is 9. The number of nitrogens with one attached hydrogen (secondary N) is 1. The summed E-state index contributed by atoms with van der Waals surface area (Å²) in [6, 6.07) is 15.1. The average Bonchev–Trinajstić information content (AvgIpc) is 2.78. The van der Waals surface area contributed by atoms with Crippen molar-refractivity contribution in [3.8, 4) is 5.75 Å². The van der Waals surface area contributed by atoms with Crippen LogP contribution in [0, 0.1) is 0 Å². The number of halogens is 1. The Balaban J connectivity index is 1.39. The fraction of sp³-hybridized carbons (Fsp3) is 0.435. The van der Waals surface area contributed by atoms with Crippen molar-refractivity contribution in [3.63, 3.8) is 0 Å². The van der Waals surface area contributed by atoms with Crippen LogP contribution in [0.15, 0.2) is 48.5 Å². The molecule has 1 aliphatic rings. The standard InChI is InChI=1S/C23H30ClN3O4S/c1-18(2)19-7-9-20(10-8-19)31-17-23(28)25-11-16-32(29,30)27-14-12-26(13-15-27)22-6-4-3-5-21(22)24/h3-10,18H,11-17H2,1-2H3,(H,25,28). The summed E-state index contributed by atoms with van der Waals surface area (Å²) >= 11 is 6.24. The zero-order valence-electron chi connectivity index (χ0n) is 18.5. The lowest BCUT2D eigenvalue weighted by Crippen LogP contribution is -2.50. The first kappa shape index (κ1) is 24.4. The van der Waals surface area contributed by atoms with Gasteiger partial charge in [0.05, 0.1) is 16.5 Å². The van der Waals surface area contributed by atoms with Crippen LogP contribution in [0.5, 0.6) is 5.75 Å². The molecule has 2 aromatic rings. The van der Waals surface area contributed by atoms with Crippen LogP contribution in [0.1, 0.15) is 25.3 Å². The molecular weight excluding hydrogens is 450 g/mol. The third-order valence-electron chi connectivity index (χ3n) is 5.42. The molecule has 0 radical (unpaired) electrons. The van der Waals surface area contributed by atoms with Gasteiger partial charge in [0.1, 0.15) is 5.75 Å². The lowest BCUT2D eigenvalue weighted by Gasteiger charge is -2.35. The van der Waals surface area contributed by atoms with E-state index in [1.54, 1.807) is 0 Å². The number of hydrogen-bond donors (Lipinski definition) is 1. The molecule has 2 aromatic carbocycles. The predicted molar refractivity (Wildman–Crippen MR) is 128 cm³/mol. The summed E-state index contributed by atoms with van der Waals surface area (Å²) in [5, 5.41) is 3.28. The Morgan fingerprint density at radius 3 is 2.34 bits per heavy atom. The van der Waals surface area contributed by atoms with E-state index in [9.17, 15) is 13.2 Å². The number of anilines is 1. The van der Waals surface area contributed by atoms with Crippen molar-refractivity contribution >= 4 is 33.2 Å². The number of sulfonamides is 1. The number of para-hydroxylation sites is 1. The fourth-order valence-corrected chi connectivity index (χ4v) is 5.11. The smallest absolute Gasteiger partial charge is 0.257 e. The summed E-state index contributed by atoms with van der Waals surface area (Å²) in [6.45, 7) is 6.01. The highest BCUT2D eigenvalue weighted by Crippen LogP contribution is 2.26. The summed E-state index contributed by atoms with van der Waals surface area (Å²) in [5.74, 6) is 0.534. The van der Waals surface area contributed by atoms with E-state index in [4.69, 9.17) is 16.3 Å². The molecule has 1 fully saturated rings. The molecule has 1 heterocycles. The van der Waals surface area contributed by atoms with Gasteiger partial charge in [0.15, 0.2) is 6.61 Å². The number of carbonyl (C=O) groups is 1. The molecule has 0 aromatic heterocycles. The number of amides is 1. The molecule has 9 heteroatoms. The second-order valence-corrected chi connectivity index (χ2v) is 10.5. The Morgan fingerprint density at radius 1 is 1.06 bits per heavy atom. The molecular formula is C23H30ClN3O4S. The number of benzene rings is 2. The van der Waals surface area contributed by atoms with Gasteiger partial charge in [-0.2, -0.15) is 4.31 Å². The van der Waals surface area contributed by atoms with Gasteiger partial charge in [0, 0.05) is 32.7 Å². The molecule has 3 rings (SSSR count). The first-order chi connectivity index (χ1) is 15.3. The topological polar surface area (TPSA) is 78.9 Å². The molecule has 0 spiro atoms. The highest BCUT2D eigenvalue weighted by molar-refractivity contribution is 7.89. The van der Waals surface area contributed by atoms with E-state index in [0.29, 0.717) is 42.9 Å². The maximum absolute atomic E-state index is 12.6. The molecule has 1 aliphatic heterocycles. The van der Waals surface area contributed by atoms with Crippen LogP contribution in [-0.2, 0) is 14.8 Å². The van der Waals surface area contributed by atoms with Crippen LogP contribution >= 0.6 is 11.6 Å². The van der Waals surface area contributed by atoms with Crippen LogP contribution in [-0.4, -0.2) is 63.7 Å². The second-order valence-electron chi connectivity index (χ2n) is 8.02. The summed E-state index contributed by atoms with van der Waals surface area (Å²) in [5.41, 5.74) is 2.11. The van der Waals surface area contributed by atoms with Gasteiger partial charge in [-0.15, -0.1) is 0 Å². The normalized spacial score (nSPS) is 15.1. The van der Waals surface area contributed by atoms with Gasteiger partial charge in [0.2, 0.25) is 10.0 Å². The summed E-state index contributed by atoms with van der Waals surface area (Å²) in [6.07, 6.45) is 0. The van der Waals surface area contributed by atoms with Crippen LogP contribution in [0.3, 0.4) is 0 Å². The zero-order chi connectivity index (χ0) is 23.1. The van der Waals surface area contributed by atoms with Crippen molar-refractivity contribution in [3.05, 3.63) is 59.1 Å². The Hall–Kier alpha value is -2.29. The highest BCUT2D eigenvalue weighted by Gasteiger charge is 2.27. The van der Waals surface area contributed by atoms with E-state index in [-0.39, 0.29) is 24.8 Å². The van der Waals surface area contributed by atoms with Gasteiger partial charge < -0.3 is 15.0 Å². The highest BCUT2D eigenvalue weighted by atomic mass is 35.5. The minimum Gasteiger partial charge on any atom is -0.484 e. The lowest BCUT2D eigenvalue weighted by atomic mass is 10.0. The first-order valence-electron chi connectivity index (χ1n) is 10.7. The van der Waals surface area contributed by atoms with E-state index < -0.39 is 10.0 Å². The number of ether oxygens (including phenoxy) is 1. The SMILES string of the molecule is CC(C)c1ccc(OCC(=O)NCCS(=O)(=O)N2CCN(c3ccccc3Cl)CC2)cc1. The van der Waals surface area contributed by atoms with E-state index in [1.165, 1.54) is 9.87 Å². The molecule has 1 saturated heterocycles. The number of hydrogen-bond acceptors (Lipinski definition) is 5. The molecule has 0 bridgehead atoms. The molecule has 0 aliphatic carbocycles. The third-order valence-corrected chi connectivity index (χ3v) is 7.62. The minimum absolute atomic E-state index is 0.0432. The van der Waals surface area contributed by atoms with Crippen LogP contribution < -0.4 is 15.0 Å². The van der Waals surface area contributed by atoms with Crippen molar-refractivity contribution in [2.75, 3.05) is 50.0 Å². The number of piperazine rings is 1. The zero-order valence-corrected chi connectivity index (χ0v) is 20.0. The fourth-order valence-electron chi connectivity index (χ4n) is 3.51. The van der Waals surface area contributed by atoms with Crippen LogP contribution in [0.2, 0.25) is 5.02 Å². The Morgan fingerprint density at radius 2 is 1.72 bits per heavy atom. The van der Waals surface area contributed by atoms with E-state index in [2.05, 4.69) is 24.1 Å². The molecule has 1 N–H and O–H groups in total. The molecule has 0 saturated carbocycles. The van der Waals surface area contributed by atoms with Gasteiger partial charge >= 0.3 is 0 Å². The Labute approximate surface area is 195 Å². The summed E-state index contributed by atoms with van der Waals surface area (Å²) in [7, 11) is -3.46. The van der Waals surface area contributed by atoms with Crippen LogP contribution in [0.25, 0.3) is 0 Å². The Bertz CT molecular complexity index is 1000. The van der Waals surface area contributed by atoms with Crippen molar-refractivity contribution in [2.45, 2.75) is 19.8 Å². The van der Waals surface area contributed by atoms with Gasteiger partial charge in [-0.05, 0) is 35.7 Å². The lowest BCUT2D eigenvalue weighted by molar-refractivity contribution is -0.122. The van der Waals surface area contributed by atoms with E-state index >= 15 is 0 Å². The third kappa shape index (κ3) is 6.60. The second kappa shape index (κ2) is 11.0. The Kier molecular flexibility index (Phi) is 8.39. The van der Waals surface area contributed by atoms with Crippen molar-refractivity contribution in [2.24, 2.45) is 0 Å². The van der Waals surface area contributed by atoms with Gasteiger partial charge in [-0.1, -0.05) is 49.7 Å². The summed E-state index contributed by atoms with van der Waals surface area (Å²) < 4.78 is 32.2. The van der Waals surface area contributed by atoms with E-state index in [1.807, 2.05) is 48.5 Å². The largest absolute Gasteiger partial charge is 0.484 e. The molecule has 0 unspecified atom stereocenters. The minimum atomic E-state index is -3.46. The summed E-state index contributed by atoms with van der Waals surface area (Å²) in [4.78, 5) is 14.1. The molecule has 174 valence electrons. The van der Waals surface area contributed by atoms with Crippen LogP contribution in [0.4, 0.5) is 5.69 Å². The molecule has 0 atom stereocenters. The predicted octanol–water partition coefficient (Wildman–Crippen LogP) is 3.11. The molecule has 7 nitrogen and oxygen atoms in total. The first-order valence-corrected chi connectivity index (χ1v) is 12.7. The van der Waals surface area contributed by atoms with Crippen molar-refractivity contribution < 1.29 is 17.9 Å². The average molecular weight is 480 g/mol. The quantitative estimate of drug-likeness (QED) is 0.597.